The number of Topliss-reactive ketones (excluding diaryl/α,β-unsaturated/α-hetero) is 1. The highest BCUT2D eigenvalue weighted by Crippen LogP contribution is 2.60. The van der Waals surface area contributed by atoms with Gasteiger partial charge in [0.15, 0.2) is 5.78 Å². The summed E-state index contributed by atoms with van der Waals surface area (Å²) >= 11 is 0. The van der Waals surface area contributed by atoms with Gasteiger partial charge in [-0.05, 0) is 189 Å². The molecule has 147 heavy (non-hydrogen) atoms. The Hall–Kier alpha value is -10.8. The Balaban J connectivity index is 0.639. The number of benzene rings is 4. The van der Waals surface area contributed by atoms with Crippen LogP contribution in [-0.4, -0.2) is 264 Å². The monoisotopic (exact) mass is 2070 g/mol. The van der Waals surface area contributed by atoms with Crippen LogP contribution in [0.1, 0.15) is 228 Å². The maximum Gasteiger partial charge on any atom is 0.312 e. The quantitative estimate of drug-likeness (QED) is 0.00673. The van der Waals surface area contributed by atoms with E-state index in [9.17, 15) is 61.5 Å². The molecule has 812 valence electrons. The number of hydrazine groups is 3. The number of urea groups is 1. The number of hydrogen-bond acceptors (Lipinski definition) is 29. The average molecular weight is 2070 g/mol. The molecule has 2 saturated carbocycles. The lowest BCUT2D eigenvalue weighted by molar-refractivity contribution is -0.150. The molecule has 10 atom stereocenters. The zero-order valence-electron chi connectivity index (χ0n) is 86.6. The Labute approximate surface area is 863 Å². The van der Waals surface area contributed by atoms with E-state index in [4.69, 9.17) is 58.8 Å². The number of phenolic OH excluding ortho intramolecular Hbond substituents is 1. The molecule has 18 N–H and O–H groups in total. The van der Waals surface area contributed by atoms with Gasteiger partial charge in [0.1, 0.15) is 24.5 Å². The first-order valence-electron chi connectivity index (χ1n) is 52.3. The summed E-state index contributed by atoms with van der Waals surface area (Å²) < 4.78 is 82.1. The van der Waals surface area contributed by atoms with Crippen LogP contribution in [0.15, 0.2) is 96.3 Å². The van der Waals surface area contributed by atoms with E-state index < -0.39 is 97.6 Å². The van der Waals surface area contributed by atoms with Crippen molar-refractivity contribution in [1.29, 1.82) is 0 Å². The Morgan fingerprint density at radius 3 is 1.72 bits per heavy atom. The number of carbonyl (C=O) groups is 11. The number of phenols is 1. The van der Waals surface area contributed by atoms with Crippen molar-refractivity contribution in [2.75, 3.05) is 168 Å². The summed E-state index contributed by atoms with van der Waals surface area (Å²) in [4.78, 5) is 155. The Bertz CT molecular complexity index is 5280. The number of rotatable bonds is 61. The van der Waals surface area contributed by atoms with Crippen LogP contribution < -0.4 is 80.7 Å². The van der Waals surface area contributed by atoms with Gasteiger partial charge in [0.05, 0.1) is 170 Å². The Kier molecular flexibility index (Phi) is 45.8. The van der Waals surface area contributed by atoms with Gasteiger partial charge in [-0.15, -0.1) is 5.53 Å². The average Bonchev–Trinajstić information content (AvgIpc) is 1.02. The van der Waals surface area contributed by atoms with E-state index in [0.29, 0.717) is 108 Å². The number of carbonyl (C=O) groups excluding carboxylic acids is 11. The number of unbranched alkanes of at least 4 members (excludes halogenated alkanes) is 1. The number of primary amides is 1. The van der Waals surface area contributed by atoms with Crippen molar-refractivity contribution in [3.8, 4) is 5.75 Å². The Morgan fingerprint density at radius 1 is 0.537 bits per heavy atom. The number of anilines is 2. The number of hydrogen-bond donors (Lipinski definition) is 16. The van der Waals surface area contributed by atoms with Crippen molar-refractivity contribution < 1.29 is 113 Å². The summed E-state index contributed by atoms with van der Waals surface area (Å²) in [5.41, 5.74) is 23.5. The number of nitrogens with two attached hydrogens (primary N) is 2. The summed E-state index contributed by atoms with van der Waals surface area (Å²) in [5.74, 6) is 0.181. The fourth-order valence-electron chi connectivity index (χ4n) is 22.1. The van der Waals surface area contributed by atoms with Gasteiger partial charge >= 0.3 is 6.03 Å². The van der Waals surface area contributed by atoms with Crippen LogP contribution in [0, 0.1) is 34.5 Å². The van der Waals surface area contributed by atoms with Gasteiger partial charge in [0.25, 0.3) is 10.1 Å². The number of imide groups is 1. The lowest BCUT2D eigenvalue weighted by atomic mass is 9.49. The number of nitrogens with one attached hydrogen (secondary N) is 12. The number of para-hydroxylation sites is 1. The standard InChI is InChI=1S/C106H158N16O24S/c1-71(2)94(85(124)66-74(21-17-45-113-102(107)134)98(130)114-76-32-28-72-30-34-87-103(3,80(72)67-76)40-18-42-105(87,5)100(132)117-101(133)106(6)43-19-41-104(4)81-68-77(123)33-29-73(81)31-35-88(104)106)116-99(131)82(24-15-16-44-110-92(128)70-146-86-27-10-8-9-26-84-97(86)119-120-122(84)48-52-141-56-60-145-64-62-142-57-53-138-49-38-90(126)112-47-65-147(135,136)137)115-91(127)39-50-139-54-58-143-61-63-144-59-55-140-51-46-111-89(125)36-37-93(129)121-69-75-20-11-12-22-78(75)95(109-7)96(118-108)79-23-13-14-25-83(79)121/h11-14,20,22-23,25,28-29,32-33,67-68,71,74,82,86-88,94,109,118-120,123H,8-10,15-19,21,24,26-27,30-31,34-66,69-70,108H2,1-7H3,(H,110,128)(H,111,125)(H,112,126)(H,114,130)(H,115,127)(H,116,131)(H3,107,113,134)(H,117,132,133)(H,135,136,137)/b96-95-/t74-,82-,86?,87-,88-,94+,103-,104-,105+,106+/m1/s1. The Morgan fingerprint density at radius 2 is 1.10 bits per heavy atom. The molecule has 4 aromatic rings. The number of amides is 11. The topological polar surface area (TPSA) is 548 Å². The zero-order valence-corrected chi connectivity index (χ0v) is 87.4. The third kappa shape index (κ3) is 33.6. The van der Waals surface area contributed by atoms with E-state index in [1.807, 2.05) is 105 Å². The van der Waals surface area contributed by atoms with Gasteiger partial charge in [-0.1, -0.05) is 122 Å². The molecule has 4 aromatic carbocycles. The van der Waals surface area contributed by atoms with Crippen molar-refractivity contribution in [3.05, 3.63) is 135 Å². The third-order valence-corrected chi connectivity index (χ3v) is 30.6. The lowest BCUT2D eigenvalue weighted by Gasteiger charge is -2.56. The summed E-state index contributed by atoms with van der Waals surface area (Å²) in [5, 5.41) is 38.6. The first-order valence-corrected chi connectivity index (χ1v) is 53.9. The van der Waals surface area contributed by atoms with E-state index >= 15 is 4.79 Å². The molecule has 2 fully saturated rings. The second kappa shape index (κ2) is 57.8. The second-order valence-electron chi connectivity index (χ2n) is 40.4. The van der Waals surface area contributed by atoms with Crippen molar-refractivity contribution in [3.63, 3.8) is 0 Å². The molecule has 0 bridgehead atoms. The first kappa shape index (κ1) is 116. The van der Waals surface area contributed by atoms with E-state index in [1.165, 1.54) is 5.56 Å². The molecule has 0 aromatic heterocycles. The number of allylic oxidation sites excluding steroid dienone is 1. The molecule has 41 heteroatoms. The zero-order chi connectivity index (χ0) is 106. The number of aryl methyl sites for hydroxylation is 2. The van der Waals surface area contributed by atoms with E-state index in [0.717, 1.165) is 108 Å². The molecule has 2 heterocycles. The summed E-state index contributed by atoms with van der Waals surface area (Å²) in [6, 6.07) is 23.6. The normalized spacial score (nSPS) is 21.6. The van der Waals surface area contributed by atoms with Crippen LogP contribution in [0.25, 0.3) is 11.4 Å². The molecule has 1 unspecified atom stereocenters. The minimum atomic E-state index is -4.16. The predicted octanol–water partition coefficient (Wildman–Crippen LogP) is 7.38. The van der Waals surface area contributed by atoms with Crippen molar-refractivity contribution >= 4 is 97.9 Å². The number of fused-ring (bicyclic) bond motifs is 8. The number of nitrogens with zero attached hydrogens (tertiary/aromatic N) is 2. The lowest BCUT2D eigenvalue weighted by Crippen LogP contribution is -2.60. The maximum atomic E-state index is 15.1. The minimum absolute atomic E-state index is 0.0256. The van der Waals surface area contributed by atoms with Gasteiger partial charge in [-0.3, -0.25) is 68.7 Å². The van der Waals surface area contributed by atoms with Crippen molar-refractivity contribution in [2.45, 2.75) is 238 Å². The molecule has 0 spiro atoms. The van der Waals surface area contributed by atoms with E-state index in [-0.39, 0.29) is 216 Å². The van der Waals surface area contributed by atoms with Crippen molar-refractivity contribution in [1.82, 2.24) is 63.9 Å². The maximum absolute atomic E-state index is 15.1. The van der Waals surface area contributed by atoms with Gasteiger partial charge in [-0.2, -0.15) is 8.42 Å². The highest BCUT2D eigenvalue weighted by atomic mass is 32.2. The molecule has 5 aliphatic carbocycles. The van der Waals surface area contributed by atoms with Crippen LogP contribution >= 0.6 is 0 Å². The molecule has 40 nitrogen and oxygen atoms in total. The van der Waals surface area contributed by atoms with Crippen molar-refractivity contribution in [2.24, 2.45) is 46.1 Å². The minimum Gasteiger partial charge on any atom is -0.508 e. The summed E-state index contributed by atoms with van der Waals surface area (Å²) in [7, 11) is -2.34. The summed E-state index contributed by atoms with van der Waals surface area (Å²) in [6.45, 7) is 16.8. The van der Waals surface area contributed by atoms with Gasteiger partial charge < -0.3 is 112 Å². The molecule has 11 amide bonds. The van der Waals surface area contributed by atoms with E-state index in [1.54, 1.807) is 24.8 Å². The van der Waals surface area contributed by atoms with Gasteiger partial charge in [0, 0.05) is 88.1 Å². The van der Waals surface area contributed by atoms with Crippen LogP contribution in [0.2, 0.25) is 0 Å². The number of aromatic hydroxyl groups is 1. The predicted molar refractivity (Wildman–Crippen MR) is 552 cm³/mol. The first-order chi connectivity index (χ1) is 70.7. The van der Waals surface area contributed by atoms with Crippen LogP contribution in [0.3, 0.4) is 0 Å². The molecule has 2 aliphatic heterocycles. The molecule has 0 radical (unpaired) electrons. The van der Waals surface area contributed by atoms with Crippen LogP contribution in [-0.2, 0) is 131 Å². The highest BCUT2D eigenvalue weighted by molar-refractivity contribution is 7.85. The molecule has 0 saturated heterocycles. The fraction of sp³-hybridized carbons (Fsp3) is 0.632. The number of ether oxygens (including phenoxy) is 9. The molecular formula is C106H158N16O24S. The summed E-state index contributed by atoms with van der Waals surface area (Å²) in [6.07, 6.45) is 11.9. The van der Waals surface area contributed by atoms with Gasteiger partial charge in [0.2, 0.25) is 53.2 Å². The number of ketones is 1. The molecule has 7 aliphatic rings. The van der Waals surface area contributed by atoms with Gasteiger partial charge in [-0.25, -0.2) is 4.79 Å². The van der Waals surface area contributed by atoms with E-state index in [2.05, 4.69) is 78.1 Å². The smallest absolute Gasteiger partial charge is 0.312 e. The molecule has 11 rings (SSSR count). The second-order valence-corrected chi connectivity index (χ2v) is 41.9. The fourth-order valence-corrected chi connectivity index (χ4v) is 22.5. The SMILES string of the molecule is CN/C1=C(\NN)c2ccccc2N(C(=O)CCC(=O)NCCOCCOCCOCCOCCC(=O)N[C@H](CCCCNC(=O)COC2CCCCCC3=C2NNN3CCOCCOCCOCCOCCC(=O)NCCS(=O)(=O)O)C(=O)N[C@H](C(=O)C[C@@H](CCCNC(N)=O)C(=O)Nc2ccc3c(c2)[C@@]2(C)CCC[C@](C)(C(=O)NC(=O)[C@@]4(C)CCC[C@]5(C)c6cc(O)ccc6CC[C@@H]45)[C@@H]2CC3)C(C)C)Cc2ccccc21. The van der Waals surface area contributed by atoms with Crippen LogP contribution in [0.4, 0.5) is 16.2 Å². The largest absolute Gasteiger partial charge is 0.508 e. The molecular weight excluding hydrogens is 1910 g/mol. The van der Waals surface area contributed by atoms with Crippen LogP contribution in [0.5, 0.6) is 5.75 Å². The third-order valence-electron chi connectivity index (χ3n) is 29.8. The highest BCUT2D eigenvalue weighted by Gasteiger charge is 2.59.